The van der Waals surface area contributed by atoms with Gasteiger partial charge in [-0.05, 0) is 24.3 Å². The lowest BCUT2D eigenvalue weighted by atomic mass is 10.0. The molecule has 0 aromatic heterocycles. The van der Waals surface area contributed by atoms with E-state index in [-0.39, 0.29) is 11.6 Å². The third kappa shape index (κ3) is 1.84. The average Bonchev–Trinajstić information content (AvgIpc) is 2.31. The summed E-state index contributed by atoms with van der Waals surface area (Å²) in [4.78, 5) is 0. The fourth-order valence-electron chi connectivity index (χ4n) is 1.54. The second-order valence-electron chi connectivity index (χ2n) is 3.36. The minimum absolute atomic E-state index is 0.0332. The van der Waals surface area contributed by atoms with Crippen molar-refractivity contribution in [3.63, 3.8) is 0 Å². The van der Waals surface area contributed by atoms with Crippen molar-refractivity contribution in [2.75, 3.05) is 7.11 Å². The highest BCUT2D eigenvalue weighted by Crippen LogP contribution is 2.33. The molecule has 0 unspecified atom stereocenters. The minimum atomic E-state index is -0.369. The molecule has 0 saturated heterocycles. The van der Waals surface area contributed by atoms with E-state index in [9.17, 15) is 9.50 Å². The molecule has 82 valence electrons. The molecular formula is C13H11FO2. The summed E-state index contributed by atoms with van der Waals surface area (Å²) >= 11 is 0. The van der Waals surface area contributed by atoms with Crippen LogP contribution >= 0.6 is 0 Å². The summed E-state index contributed by atoms with van der Waals surface area (Å²) in [5.41, 5.74) is 0.788. The minimum Gasteiger partial charge on any atom is -0.507 e. The molecule has 0 saturated carbocycles. The zero-order valence-corrected chi connectivity index (χ0v) is 8.77. The SMILES string of the molecule is COc1ccc(O)c(-c2ccccc2F)c1. The molecule has 1 N–H and O–H groups in total. The summed E-state index contributed by atoms with van der Waals surface area (Å²) < 4.78 is 18.6. The van der Waals surface area contributed by atoms with Gasteiger partial charge in [-0.15, -0.1) is 0 Å². The summed E-state index contributed by atoms with van der Waals surface area (Å²) in [6, 6.07) is 11.0. The lowest BCUT2D eigenvalue weighted by molar-refractivity contribution is 0.412. The number of phenols is 1. The Labute approximate surface area is 92.9 Å². The molecule has 0 heterocycles. The van der Waals surface area contributed by atoms with Gasteiger partial charge in [0.05, 0.1) is 7.11 Å². The molecule has 0 atom stereocenters. The number of aromatic hydroxyl groups is 1. The van der Waals surface area contributed by atoms with Crippen molar-refractivity contribution >= 4 is 0 Å². The Bertz CT molecular complexity index is 509. The van der Waals surface area contributed by atoms with Crippen molar-refractivity contribution < 1.29 is 14.2 Å². The number of hydrogen-bond acceptors (Lipinski definition) is 2. The van der Waals surface area contributed by atoms with E-state index in [4.69, 9.17) is 4.74 Å². The zero-order chi connectivity index (χ0) is 11.5. The van der Waals surface area contributed by atoms with Crippen molar-refractivity contribution in [3.05, 3.63) is 48.3 Å². The quantitative estimate of drug-likeness (QED) is 0.838. The van der Waals surface area contributed by atoms with Crippen molar-refractivity contribution in [2.45, 2.75) is 0 Å². The Morgan fingerprint density at radius 1 is 1.06 bits per heavy atom. The van der Waals surface area contributed by atoms with Gasteiger partial charge >= 0.3 is 0 Å². The summed E-state index contributed by atoms with van der Waals surface area (Å²) in [6.07, 6.45) is 0. The summed E-state index contributed by atoms with van der Waals surface area (Å²) in [5.74, 6) is 0.244. The summed E-state index contributed by atoms with van der Waals surface area (Å²) in [5, 5.41) is 9.69. The largest absolute Gasteiger partial charge is 0.507 e. The first-order valence-electron chi connectivity index (χ1n) is 4.84. The second kappa shape index (κ2) is 4.23. The number of methoxy groups -OCH3 is 1. The first-order valence-corrected chi connectivity index (χ1v) is 4.84. The van der Waals surface area contributed by atoms with E-state index in [1.54, 1.807) is 30.3 Å². The molecule has 0 fully saturated rings. The number of halogens is 1. The lowest BCUT2D eigenvalue weighted by Crippen LogP contribution is -1.87. The Morgan fingerprint density at radius 2 is 1.81 bits per heavy atom. The highest BCUT2D eigenvalue weighted by Gasteiger charge is 2.09. The van der Waals surface area contributed by atoms with Crippen LogP contribution in [0.5, 0.6) is 11.5 Å². The molecule has 3 heteroatoms. The van der Waals surface area contributed by atoms with Gasteiger partial charge in [0.1, 0.15) is 17.3 Å². The van der Waals surface area contributed by atoms with Gasteiger partial charge in [-0.3, -0.25) is 0 Å². The van der Waals surface area contributed by atoms with Crippen molar-refractivity contribution in [1.82, 2.24) is 0 Å². The fraction of sp³-hybridized carbons (Fsp3) is 0.0769. The molecule has 0 aliphatic carbocycles. The third-order valence-electron chi connectivity index (χ3n) is 2.37. The van der Waals surface area contributed by atoms with Gasteiger partial charge in [-0.2, -0.15) is 0 Å². The van der Waals surface area contributed by atoms with Crippen LogP contribution in [0.3, 0.4) is 0 Å². The Morgan fingerprint density at radius 3 is 2.50 bits per heavy atom. The predicted octanol–water partition coefficient (Wildman–Crippen LogP) is 3.21. The molecule has 16 heavy (non-hydrogen) atoms. The van der Waals surface area contributed by atoms with Crippen LogP contribution < -0.4 is 4.74 Å². The van der Waals surface area contributed by atoms with E-state index in [0.29, 0.717) is 16.9 Å². The molecule has 0 aliphatic heterocycles. The average molecular weight is 218 g/mol. The third-order valence-corrected chi connectivity index (χ3v) is 2.37. The normalized spacial score (nSPS) is 10.1. The molecule has 2 aromatic rings. The first-order chi connectivity index (χ1) is 7.72. The fourth-order valence-corrected chi connectivity index (χ4v) is 1.54. The van der Waals surface area contributed by atoms with Gasteiger partial charge < -0.3 is 9.84 Å². The van der Waals surface area contributed by atoms with E-state index in [0.717, 1.165) is 0 Å². The highest BCUT2D eigenvalue weighted by molar-refractivity contribution is 5.72. The van der Waals surface area contributed by atoms with Gasteiger partial charge in [-0.1, -0.05) is 18.2 Å². The number of ether oxygens (including phenoxy) is 1. The summed E-state index contributed by atoms with van der Waals surface area (Å²) in [6.45, 7) is 0. The maximum Gasteiger partial charge on any atom is 0.131 e. The number of hydrogen-bond donors (Lipinski definition) is 1. The van der Waals surface area contributed by atoms with E-state index in [1.807, 2.05) is 0 Å². The maximum absolute atomic E-state index is 13.5. The van der Waals surface area contributed by atoms with Crippen LogP contribution in [-0.2, 0) is 0 Å². The predicted molar refractivity (Wildman–Crippen MR) is 60.1 cm³/mol. The Kier molecular flexibility index (Phi) is 2.77. The van der Waals surface area contributed by atoms with Gasteiger partial charge in [-0.25, -0.2) is 4.39 Å². The smallest absolute Gasteiger partial charge is 0.131 e. The van der Waals surface area contributed by atoms with Crippen molar-refractivity contribution in [3.8, 4) is 22.6 Å². The molecule has 0 spiro atoms. The van der Waals surface area contributed by atoms with E-state index in [2.05, 4.69) is 0 Å². The molecule has 2 nitrogen and oxygen atoms in total. The topological polar surface area (TPSA) is 29.5 Å². The van der Waals surface area contributed by atoms with Crippen LogP contribution in [-0.4, -0.2) is 12.2 Å². The number of rotatable bonds is 2. The maximum atomic E-state index is 13.5. The second-order valence-corrected chi connectivity index (χ2v) is 3.36. The highest BCUT2D eigenvalue weighted by atomic mass is 19.1. The molecule has 0 radical (unpaired) electrons. The number of benzene rings is 2. The molecular weight excluding hydrogens is 207 g/mol. The monoisotopic (exact) mass is 218 g/mol. The van der Waals surface area contributed by atoms with Crippen LogP contribution in [0.15, 0.2) is 42.5 Å². The van der Waals surface area contributed by atoms with Crippen LogP contribution in [0.2, 0.25) is 0 Å². The van der Waals surface area contributed by atoms with Gasteiger partial charge in [0.2, 0.25) is 0 Å². The van der Waals surface area contributed by atoms with Crippen LogP contribution in [0.1, 0.15) is 0 Å². The lowest BCUT2D eigenvalue weighted by Gasteiger charge is -2.08. The molecule has 0 bridgehead atoms. The Hall–Kier alpha value is -2.03. The first kappa shape index (κ1) is 10.5. The van der Waals surface area contributed by atoms with Gasteiger partial charge in [0.25, 0.3) is 0 Å². The van der Waals surface area contributed by atoms with Crippen molar-refractivity contribution in [2.24, 2.45) is 0 Å². The molecule has 2 aromatic carbocycles. The Balaban J connectivity index is 2.59. The zero-order valence-electron chi connectivity index (χ0n) is 8.77. The van der Waals surface area contributed by atoms with E-state index in [1.165, 1.54) is 19.2 Å². The number of phenolic OH excluding ortho intramolecular Hbond substituents is 1. The summed E-state index contributed by atoms with van der Waals surface area (Å²) in [7, 11) is 1.53. The van der Waals surface area contributed by atoms with Crippen molar-refractivity contribution in [1.29, 1.82) is 0 Å². The van der Waals surface area contributed by atoms with Gasteiger partial charge in [0, 0.05) is 11.1 Å². The van der Waals surface area contributed by atoms with E-state index < -0.39 is 0 Å². The van der Waals surface area contributed by atoms with Crippen LogP contribution in [0.25, 0.3) is 11.1 Å². The molecule has 2 rings (SSSR count). The van der Waals surface area contributed by atoms with Gasteiger partial charge in [0.15, 0.2) is 0 Å². The van der Waals surface area contributed by atoms with E-state index >= 15 is 0 Å². The standard InChI is InChI=1S/C13H11FO2/c1-16-9-6-7-13(15)11(8-9)10-4-2-3-5-12(10)14/h2-8,15H,1H3. The van der Waals surface area contributed by atoms with Crippen LogP contribution in [0.4, 0.5) is 4.39 Å². The molecule has 0 aliphatic rings. The van der Waals surface area contributed by atoms with Crippen LogP contribution in [0, 0.1) is 5.82 Å². The molecule has 0 amide bonds.